The number of amides is 1. The number of benzene rings is 2. The SMILES string of the molecule is CC(C)(C)OC(=O)N1C2C[C@@H]2C[C@H]1CO[Si](c1ccccc1)(c1ccccc1)C(C)(C)C. The maximum absolute atomic E-state index is 13.0. The Labute approximate surface area is 194 Å². The first-order chi connectivity index (χ1) is 15.0. The molecule has 1 unspecified atom stereocenters. The van der Waals surface area contributed by atoms with Crippen molar-refractivity contribution in [2.45, 2.75) is 77.1 Å². The van der Waals surface area contributed by atoms with Crippen molar-refractivity contribution < 1.29 is 14.0 Å². The van der Waals surface area contributed by atoms with Gasteiger partial charge in [-0.25, -0.2) is 4.79 Å². The van der Waals surface area contributed by atoms with Gasteiger partial charge in [-0.05, 0) is 54.9 Å². The maximum atomic E-state index is 13.0. The lowest BCUT2D eigenvalue weighted by Gasteiger charge is -2.44. The largest absolute Gasteiger partial charge is 0.444 e. The van der Waals surface area contributed by atoms with Gasteiger partial charge in [0.05, 0.1) is 12.6 Å². The van der Waals surface area contributed by atoms with Crippen LogP contribution in [0.5, 0.6) is 0 Å². The molecule has 172 valence electrons. The number of hydrogen-bond acceptors (Lipinski definition) is 3. The Morgan fingerprint density at radius 3 is 1.91 bits per heavy atom. The summed E-state index contributed by atoms with van der Waals surface area (Å²) >= 11 is 0. The van der Waals surface area contributed by atoms with Gasteiger partial charge in [0, 0.05) is 6.04 Å². The topological polar surface area (TPSA) is 38.8 Å². The predicted octanol–water partition coefficient (Wildman–Crippen LogP) is 4.96. The van der Waals surface area contributed by atoms with Gasteiger partial charge < -0.3 is 9.16 Å². The lowest BCUT2D eigenvalue weighted by molar-refractivity contribution is 0.0135. The Morgan fingerprint density at radius 2 is 1.44 bits per heavy atom. The fourth-order valence-electron chi connectivity index (χ4n) is 5.29. The van der Waals surface area contributed by atoms with Crippen LogP contribution in [-0.2, 0) is 9.16 Å². The number of ether oxygens (including phenoxy) is 1. The summed E-state index contributed by atoms with van der Waals surface area (Å²) in [5, 5.41) is 2.46. The zero-order valence-electron chi connectivity index (χ0n) is 20.3. The van der Waals surface area contributed by atoms with Gasteiger partial charge in [0.15, 0.2) is 0 Å². The van der Waals surface area contributed by atoms with Gasteiger partial charge in [0.25, 0.3) is 8.32 Å². The molecule has 0 radical (unpaired) electrons. The molecule has 2 aliphatic rings. The zero-order chi connectivity index (χ0) is 23.1. The first-order valence-electron chi connectivity index (χ1n) is 11.8. The lowest BCUT2D eigenvalue weighted by atomic mass is 10.2. The highest BCUT2D eigenvalue weighted by Crippen LogP contribution is 2.49. The van der Waals surface area contributed by atoms with E-state index in [0.717, 1.165) is 12.8 Å². The molecular formula is C27H37NO3Si. The van der Waals surface area contributed by atoms with Crippen LogP contribution in [0.1, 0.15) is 54.4 Å². The number of carbonyl (C=O) groups is 1. The summed E-state index contributed by atoms with van der Waals surface area (Å²) in [6.45, 7) is 13.2. The standard InChI is InChI=1S/C27H37NO3Si/c1-26(2,3)31-25(29)28-21(17-20-18-24(20)28)19-30-32(27(4,5)6,22-13-9-7-10-14-22)23-15-11-8-12-16-23/h7-16,20-21,24H,17-19H2,1-6H3/t20-,21-,24?/m0/s1. The van der Waals surface area contributed by atoms with Crippen molar-refractivity contribution in [3.63, 3.8) is 0 Å². The predicted molar refractivity (Wildman–Crippen MR) is 132 cm³/mol. The maximum Gasteiger partial charge on any atom is 0.410 e. The molecule has 1 aliphatic heterocycles. The molecule has 1 saturated heterocycles. The minimum Gasteiger partial charge on any atom is -0.444 e. The summed E-state index contributed by atoms with van der Waals surface area (Å²) in [6, 6.07) is 21.8. The lowest BCUT2D eigenvalue weighted by Crippen LogP contribution is -2.67. The molecule has 0 bridgehead atoms. The van der Waals surface area contributed by atoms with Crippen LogP contribution in [0, 0.1) is 5.92 Å². The van der Waals surface area contributed by atoms with Gasteiger partial charge in [0.2, 0.25) is 0 Å². The summed E-state index contributed by atoms with van der Waals surface area (Å²) in [7, 11) is -2.61. The van der Waals surface area contributed by atoms with E-state index in [0.29, 0.717) is 18.6 Å². The Bertz CT molecular complexity index is 893. The van der Waals surface area contributed by atoms with Crippen molar-refractivity contribution in [1.29, 1.82) is 0 Å². The van der Waals surface area contributed by atoms with Crippen LogP contribution in [0.2, 0.25) is 5.04 Å². The van der Waals surface area contributed by atoms with Crippen molar-refractivity contribution in [1.82, 2.24) is 4.90 Å². The number of hydrogen-bond donors (Lipinski definition) is 0. The molecule has 4 nitrogen and oxygen atoms in total. The second kappa shape index (κ2) is 8.34. The third-order valence-electron chi connectivity index (χ3n) is 6.72. The van der Waals surface area contributed by atoms with E-state index in [1.807, 2.05) is 25.7 Å². The Hall–Kier alpha value is -2.11. The molecule has 4 rings (SSSR count). The molecule has 2 fully saturated rings. The summed E-state index contributed by atoms with van der Waals surface area (Å²) in [6.07, 6.45) is 1.90. The molecule has 1 aliphatic carbocycles. The van der Waals surface area contributed by atoms with E-state index in [9.17, 15) is 4.79 Å². The van der Waals surface area contributed by atoms with Crippen molar-refractivity contribution in [3.05, 3.63) is 60.7 Å². The van der Waals surface area contributed by atoms with E-state index in [4.69, 9.17) is 9.16 Å². The Balaban J connectivity index is 1.66. The molecule has 1 heterocycles. The number of nitrogens with zero attached hydrogens (tertiary/aromatic N) is 1. The molecule has 32 heavy (non-hydrogen) atoms. The van der Waals surface area contributed by atoms with Gasteiger partial charge in [-0.3, -0.25) is 4.90 Å². The second-order valence-electron chi connectivity index (χ2n) is 11.3. The van der Waals surface area contributed by atoms with E-state index >= 15 is 0 Å². The highest BCUT2D eigenvalue weighted by Gasteiger charge is 2.57. The number of rotatable bonds is 5. The highest BCUT2D eigenvalue weighted by molar-refractivity contribution is 6.99. The molecule has 0 aromatic heterocycles. The average molecular weight is 452 g/mol. The minimum atomic E-state index is -2.61. The van der Waals surface area contributed by atoms with Gasteiger partial charge in [-0.1, -0.05) is 81.4 Å². The molecular weight excluding hydrogens is 414 g/mol. The smallest absolute Gasteiger partial charge is 0.410 e. The zero-order valence-corrected chi connectivity index (χ0v) is 21.3. The fourth-order valence-corrected chi connectivity index (χ4v) is 9.89. The van der Waals surface area contributed by atoms with Crippen molar-refractivity contribution in [2.24, 2.45) is 5.92 Å². The normalized spacial score (nSPS) is 23.1. The number of carbonyl (C=O) groups excluding carboxylic acids is 1. The summed E-state index contributed by atoms with van der Waals surface area (Å²) in [5.41, 5.74) is -0.493. The third-order valence-corrected chi connectivity index (χ3v) is 11.7. The molecule has 3 atom stereocenters. The van der Waals surface area contributed by atoms with Crippen LogP contribution >= 0.6 is 0 Å². The van der Waals surface area contributed by atoms with Gasteiger partial charge in [-0.2, -0.15) is 0 Å². The number of piperidine rings is 1. The fraction of sp³-hybridized carbons (Fsp3) is 0.519. The summed E-state index contributed by atoms with van der Waals surface area (Å²) in [5.74, 6) is 0.593. The molecule has 1 amide bonds. The van der Waals surface area contributed by atoms with E-state index in [1.165, 1.54) is 10.4 Å². The van der Waals surface area contributed by atoms with Crippen molar-refractivity contribution in [2.75, 3.05) is 6.61 Å². The molecule has 2 aromatic rings. The highest BCUT2D eigenvalue weighted by atomic mass is 28.4. The van der Waals surface area contributed by atoms with Crippen LogP contribution in [0.3, 0.4) is 0 Å². The van der Waals surface area contributed by atoms with E-state index in [1.54, 1.807) is 0 Å². The number of likely N-dealkylation sites (tertiary alicyclic amines) is 1. The van der Waals surface area contributed by atoms with E-state index < -0.39 is 13.9 Å². The summed E-state index contributed by atoms with van der Waals surface area (Å²) < 4.78 is 12.9. The van der Waals surface area contributed by atoms with E-state index in [-0.39, 0.29) is 17.2 Å². The van der Waals surface area contributed by atoms with Crippen LogP contribution in [0.25, 0.3) is 0 Å². The van der Waals surface area contributed by atoms with Crippen LogP contribution in [0.4, 0.5) is 4.79 Å². The van der Waals surface area contributed by atoms with Crippen molar-refractivity contribution in [3.8, 4) is 0 Å². The van der Waals surface area contributed by atoms with Crippen molar-refractivity contribution >= 4 is 24.8 Å². The first-order valence-corrected chi connectivity index (χ1v) is 13.7. The van der Waals surface area contributed by atoms with Crippen LogP contribution < -0.4 is 10.4 Å². The third kappa shape index (κ3) is 4.37. The monoisotopic (exact) mass is 451 g/mol. The van der Waals surface area contributed by atoms with Gasteiger partial charge >= 0.3 is 6.09 Å². The number of fused-ring (bicyclic) bond motifs is 1. The molecule has 0 N–H and O–H groups in total. The average Bonchev–Trinajstić information content (AvgIpc) is 3.37. The quantitative estimate of drug-likeness (QED) is 0.603. The minimum absolute atomic E-state index is 0.0650. The van der Waals surface area contributed by atoms with Gasteiger partial charge in [0.1, 0.15) is 5.60 Å². The summed E-state index contributed by atoms with van der Waals surface area (Å²) in [4.78, 5) is 15.0. The van der Waals surface area contributed by atoms with E-state index in [2.05, 4.69) is 81.4 Å². The molecule has 5 heteroatoms. The van der Waals surface area contributed by atoms with Gasteiger partial charge in [-0.15, -0.1) is 0 Å². The Kier molecular flexibility index (Phi) is 6.01. The molecule has 2 aromatic carbocycles. The second-order valence-corrected chi connectivity index (χ2v) is 15.6. The Morgan fingerprint density at radius 1 is 0.906 bits per heavy atom. The molecule has 1 saturated carbocycles. The van der Waals surface area contributed by atoms with Crippen LogP contribution in [0.15, 0.2) is 60.7 Å². The first kappa shape index (κ1) is 23.1. The van der Waals surface area contributed by atoms with Crippen LogP contribution in [-0.4, -0.2) is 43.6 Å². The molecule has 0 spiro atoms.